The van der Waals surface area contributed by atoms with E-state index < -0.39 is 0 Å². The van der Waals surface area contributed by atoms with Gasteiger partial charge in [-0.3, -0.25) is 0 Å². The Bertz CT molecular complexity index is 242. The zero-order chi connectivity index (χ0) is 10.9. The Morgan fingerprint density at radius 1 is 1.14 bits per heavy atom. The van der Waals surface area contributed by atoms with Crippen molar-refractivity contribution in [2.75, 3.05) is 0 Å². The normalized spacial score (nSPS) is 38.0. The van der Waals surface area contributed by atoms with E-state index in [9.17, 15) is 5.11 Å². The third-order valence-electron chi connectivity index (χ3n) is 3.64. The number of hydrogen-bond acceptors (Lipinski definition) is 1. The van der Waals surface area contributed by atoms with Gasteiger partial charge in [-0.05, 0) is 44.4 Å². The fraction of sp³-hybridized carbons (Fsp3) is 0.692. The highest BCUT2D eigenvalue weighted by Gasteiger charge is 2.34. The summed E-state index contributed by atoms with van der Waals surface area (Å²) in [7, 11) is 0. The second-order valence-electron chi connectivity index (χ2n) is 4.89. The molecule has 1 rings (SSSR count). The van der Waals surface area contributed by atoms with Gasteiger partial charge in [0, 0.05) is 0 Å². The van der Waals surface area contributed by atoms with Crippen LogP contribution in [0, 0.1) is 17.8 Å². The standard InChI is InChI=1S/C13H22O/c1-8(2)11-6-12(9(3)4)10(5)13(14)7-11/h10-14H,1,3,6-7H2,2,4-5H3/t10-,11-,12+,13+/m0/s1. The predicted molar refractivity (Wildman–Crippen MR) is 61.0 cm³/mol. The minimum Gasteiger partial charge on any atom is -0.393 e. The van der Waals surface area contributed by atoms with Crippen LogP contribution in [-0.2, 0) is 0 Å². The molecule has 1 fully saturated rings. The largest absolute Gasteiger partial charge is 0.393 e. The summed E-state index contributed by atoms with van der Waals surface area (Å²) in [5.74, 6) is 1.28. The van der Waals surface area contributed by atoms with Crippen LogP contribution in [0.5, 0.6) is 0 Å². The molecule has 4 atom stereocenters. The first-order valence-corrected chi connectivity index (χ1v) is 5.42. The monoisotopic (exact) mass is 194 g/mol. The Balaban J connectivity index is 2.76. The van der Waals surface area contributed by atoms with Gasteiger partial charge in [0.25, 0.3) is 0 Å². The zero-order valence-electron chi connectivity index (χ0n) is 9.59. The molecule has 0 aromatic rings. The minimum atomic E-state index is -0.188. The molecule has 0 saturated heterocycles. The smallest absolute Gasteiger partial charge is 0.0577 e. The van der Waals surface area contributed by atoms with E-state index in [0.29, 0.717) is 17.8 Å². The summed E-state index contributed by atoms with van der Waals surface area (Å²) < 4.78 is 0. The lowest BCUT2D eigenvalue weighted by molar-refractivity contribution is 0.0351. The Hall–Kier alpha value is -0.560. The van der Waals surface area contributed by atoms with Crippen molar-refractivity contribution in [3.8, 4) is 0 Å². The van der Waals surface area contributed by atoms with Crippen LogP contribution in [0.3, 0.4) is 0 Å². The van der Waals surface area contributed by atoms with Crippen molar-refractivity contribution >= 4 is 0 Å². The van der Waals surface area contributed by atoms with Crippen LogP contribution in [-0.4, -0.2) is 11.2 Å². The van der Waals surface area contributed by atoms with Crippen LogP contribution in [0.4, 0.5) is 0 Å². The summed E-state index contributed by atoms with van der Waals surface area (Å²) in [5.41, 5.74) is 2.39. The molecule has 1 nitrogen and oxygen atoms in total. The molecule has 0 unspecified atom stereocenters. The lowest BCUT2D eigenvalue weighted by atomic mass is 9.69. The summed E-state index contributed by atoms with van der Waals surface area (Å²) in [6.45, 7) is 14.3. The molecule has 0 heterocycles. The van der Waals surface area contributed by atoms with Crippen molar-refractivity contribution in [2.24, 2.45) is 17.8 Å². The van der Waals surface area contributed by atoms with E-state index in [1.54, 1.807) is 0 Å². The van der Waals surface area contributed by atoms with Crippen molar-refractivity contribution < 1.29 is 5.11 Å². The molecule has 14 heavy (non-hydrogen) atoms. The average molecular weight is 194 g/mol. The van der Waals surface area contributed by atoms with Gasteiger partial charge in [-0.15, -0.1) is 0 Å². The molecule has 1 aliphatic rings. The maximum absolute atomic E-state index is 9.93. The Labute approximate surface area is 87.5 Å². The molecule has 1 heteroatoms. The summed E-state index contributed by atoms with van der Waals surface area (Å²) in [6, 6.07) is 0. The van der Waals surface area contributed by atoms with E-state index in [0.717, 1.165) is 12.8 Å². The van der Waals surface area contributed by atoms with Gasteiger partial charge in [-0.2, -0.15) is 0 Å². The zero-order valence-corrected chi connectivity index (χ0v) is 9.59. The van der Waals surface area contributed by atoms with Gasteiger partial charge < -0.3 is 5.11 Å². The van der Waals surface area contributed by atoms with Crippen molar-refractivity contribution in [1.82, 2.24) is 0 Å². The second-order valence-corrected chi connectivity index (χ2v) is 4.89. The van der Waals surface area contributed by atoms with E-state index in [1.807, 2.05) is 0 Å². The van der Waals surface area contributed by atoms with Gasteiger partial charge >= 0.3 is 0 Å². The fourth-order valence-electron chi connectivity index (χ4n) is 2.44. The van der Waals surface area contributed by atoms with Gasteiger partial charge in [0.1, 0.15) is 0 Å². The van der Waals surface area contributed by atoms with E-state index in [2.05, 4.69) is 33.9 Å². The topological polar surface area (TPSA) is 20.2 Å². The van der Waals surface area contributed by atoms with Gasteiger partial charge in [0.05, 0.1) is 6.10 Å². The fourth-order valence-corrected chi connectivity index (χ4v) is 2.44. The SMILES string of the molecule is C=C(C)[C@@H]1C[C@@H](O)[C@@H](C)[C@@H](C(=C)C)C1. The molecule has 0 spiro atoms. The molecule has 1 N–H and O–H groups in total. The molecule has 0 radical (unpaired) electrons. The van der Waals surface area contributed by atoms with Gasteiger partial charge in [-0.1, -0.05) is 31.2 Å². The highest BCUT2D eigenvalue weighted by molar-refractivity contribution is 5.08. The first-order chi connectivity index (χ1) is 6.43. The summed E-state index contributed by atoms with van der Waals surface area (Å²) in [4.78, 5) is 0. The maximum Gasteiger partial charge on any atom is 0.0577 e. The quantitative estimate of drug-likeness (QED) is 0.669. The molecular formula is C13H22O. The molecule has 0 aromatic heterocycles. The minimum absolute atomic E-state index is 0.188. The first-order valence-electron chi connectivity index (χ1n) is 5.42. The molecule has 1 saturated carbocycles. The summed E-state index contributed by atoms with van der Waals surface area (Å²) >= 11 is 0. The van der Waals surface area contributed by atoms with Crippen LogP contribution in [0.2, 0.25) is 0 Å². The Morgan fingerprint density at radius 3 is 2.14 bits per heavy atom. The number of aliphatic hydroxyl groups excluding tert-OH is 1. The number of rotatable bonds is 2. The van der Waals surface area contributed by atoms with Crippen LogP contribution < -0.4 is 0 Å². The molecule has 0 bridgehead atoms. The van der Waals surface area contributed by atoms with Crippen LogP contribution in [0.1, 0.15) is 33.6 Å². The molecule has 0 aliphatic heterocycles. The summed E-state index contributed by atoms with van der Waals surface area (Å²) in [5, 5.41) is 9.93. The highest BCUT2D eigenvalue weighted by Crippen LogP contribution is 2.39. The lowest BCUT2D eigenvalue weighted by Crippen LogP contribution is -2.35. The van der Waals surface area contributed by atoms with Crippen LogP contribution in [0.15, 0.2) is 24.3 Å². The Kier molecular flexibility index (Phi) is 3.54. The van der Waals surface area contributed by atoms with Crippen molar-refractivity contribution in [3.05, 3.63) is 24.3 Å². The molecule has 0 aromatic carbocycles. The molecule has 80 valence electrons. The van der Waals surface area contributed by atoms with Crippen LogP contribution in [0.25, 0.3) is 0 Å². The van der Waals surface area contributed by atoms with Gasteiger partial charge in [0.15, 0.2) is 0 Å². The van der Waals surface area contributed by atoms with Gasteiger partial charge in [0.2, 0.25) is 0 Å². The molecular weight excluding hydrogens is 172 g/mol. The van der Waals surface area contributed by atoms with E-state index in [1.165, 1.54) is 11.1 Å². The Morgan fingerprint density at radius 2 is 1.71 bits per heavy atom. The lowest BCUT2D eigenvalue weighted by Gasteiger charge is -2.38. The maximum atomic E-state index is 9.93. The van der Waals surface area contributed by atoms with E-state index >= 15 is 0 Å². The number of aliphatic hydroxyl groups is 1. The van der Waals surface area contributed by atoms with Crippen molar-refractivity contribution in [1.29, 1.82) is 0 Å². The van der Waals surface area contributed by atoms with Gasteiger partial charge in [-0.25, -0.2) is 0 Å². The third-order valence-corrected chi connectivity index (χ3v) is 3.64. The molecule has 1 aliphatic carbocycles. The predicted octanol–water partition coefficient (Wildman–Crippen LogP) is 3.16. The van der Waals surface area contributed by atoms with Crippen LogP contribution >= 0.6 is 0 Å². The number of allylic oxidation sites excluding steroid dienone is 2. The third kappa shape index (κ3) is 2.27. The summed E-state index contributed by atoms with van der Waals surface area (Å²) in [6.07, 6.45) is 1.80. The molecule has 0 amide bonds. The number of hydrogen-bond donors (Lipinski definition) is 1. The van der Waals surface area contributed by atoms with Crippen molar-refractivity contribution in [2.45, 2.75) is 39.7 Å². The first kappa shape index (κ1) is 11.5. The average Bonchev–Trinajstić information content (AvgIpc) is 2.08. The second kappa shape index (κ2) is 4.31. The van der Waals surface area contributed by atoms with E-state index in [-0.39, 0.29) is 6.10 Å². The highest BCUT2D eigenvalue weighted by atomic mass is 16.3. The van der Waals surface area contributed by atoms with Crippen molar-refractivity contribution in [3.63, 3.8) is 0 Å². The van der Waals surface area contributed by atoms with E-state index in [4.69, 9.17) is 0 Å².